The fraction of sp³-hybridized carbons (Fsp3) is 0.200. The van der Waals surface area contributed by atoms with Gasteiger partial charge in [-0.25, -0.2) is 4.39 Å². The standard InChI is InChI=1S/C25H23FN2O2/c1-17(2)30-25(27-24(29)18-11-13-21(26)14-12-18)28-15-19-7-3-5-9-22(19)23-10-6-4-8-20(23)16-28/h3-14,17H,15-16H2,1-2H3. The third-order valence-electron chi connectivity index (χ3n) is 4.95. The molecule has 0 spiro atoms. The first-order valence-corrected chi connectivity index (χ1v) is 9.97. The van der Waals surface area contributed by atoms with Crippen LogP contribution < -0.4 is 0 Å². The maximum Gasteiger partial charge on any atom is 0.296 e. The van der Waals surface area contributed by atoms with Gasteiger partial charge in [0.2, 0.25) is 0 Å². The Kier molecular flexibility index (Phi) is 5.61. The van der Waals surface area contributed by atoms with Gasteiger partial charge in [0.1, 0.15) is 5.82 Å². The normalized spacial score (nSPS) is 13.5. The van der Waals surface area contributed by atoms with Crippen molar-refractivity contribution >= 4 is 11.9 Å². The first-order chi connectivity index (χ1) is 14.5. The maximum absolute atomic E-state index is 13.2. The third-order valence-corrected chi connectivity index (χ3v) is 4.95. The van der Waals surface area contributed by atoms with Crippen LogP contribution >= 0.6 is 0 Å². The van der Waals surface area contributed by atoms with Crippen LogP contribution in [0.4, 0.5) is 4.39 Å². The highest BCUT2D eigenvalue weighted by Crippen LogP contribution is 2.32. The molecule has 0 atom stereocenters. The Balaban J connectivity index is 1.74. The van der Waals surface area contributed by atoms with E-state index in [4.69, 9.17) is 4.74 Å². The largest absolute Gasteiger partial charge is 0.462 e. The molecule has 1 heterocycles. The van der Waals surface area contributed by atoms with Gasteiger partial charge >= 0.3 is 0 Å². The van der Waals surface area contributed by atoms with Gasteiger partial charge in [0.15, 0.2) is 0 Å². The summed E-state index contributed by atoms with van der Waals surface area (Å²) in [5.74, 6) is -0.855. The maximum atomic E-state index is 13.2. The number of nitrogens with zero attached hydrogens (tertiary/aromatic N) is 2. The number of carbonyl (C=O) groups excluding carboxylic acids is 1. The molecule has 0 aliphatic carbocycles. The number of rotatable bonds is 2. The Morgan fingerprint density at radius 2 is 1.43 bits per heavy atom. The van der Waals surface area contributed by atoms with Crippen molar-refractivity contribution in [2.24, 2.45) is 4.99 Å². The van der Waals surface area contributed by atoms with Crippen LogP contribution in [0.1, 0.15) is 35.3 Å². The van der Waals surface area contributed by atoms with E-state index in [-0.39, 0.29) is 12.1 Å². The van der Waals surface area contributed by atoms with E-state index in [2.05, 4.69) is 29.3 Å². The topological polar surface area (TPSA) is 41.9 Å². The van der Waals surface area contributed by atoms with Crippen molar-refractivity contribution in [3.63, 3.8) is 0 Å². The lowest BCUT2D eigenvalue weighted by Gasteiger charge is -2.26. The van der Waals surface area contributed by atoms with Crippen LogP contribution in [-0.2, 0) is 17.8 Å². The molecular formula is C25H23FN2O2. The summed E-state index contributed by atoms with van der Waals surface area (Å²) >= 11 is 0. The minimum atomic E-state index is -0.462. The van der Waals surface area contributed by atoms with Crippen molar-refractivity contribution in [3.05, 3.63) is 95.3 Å². The van der Waals surface area contributed by atoms with Crippen LogP contribution in [0, 0.1) is 5.82 Å². The second-order valence-electron chi connectivity index (χ2n) is 7.54. The highest BCUT2D eigenvalue weighted by atomic mass is 19.1. The predicted octanol–water partition coefficient (Wildman–Crippen LogP) is 5.43. The molecule has 0 saturated heterocycles. The number of halogens is 1. The second kappa shape index (κ2) is 8.49. The smallest absolute Gasteiger partial charge is 0.296 e. The van der Waals surface area contributed by atoms with Crippen molar-refractivity contribution in [1.82, 2.24) is 4.90 Å². The number of hydrogen-bond donors (Lipinski definition) is 0. The van der Waals surface area contributed by atoms with Crippen molar-refractivity contribution in [2.75, 3.05) is 0 Å². The van der Waals surface area contributed by atoms with Gasteiger partial charge in [0.25, 0.3) is 11.9 Å². The molecular weight excluding hydrogens is 379 g/mol. The molecule has 30 heavy (non-hydrogen) atoms. The van der Waals surface area contributed by atoms with Crippen LogP contribution in [0.25, 0.3) is 11.1 Å². The van der Waals surface area contributed by atoms with Crippen LogP contribution in [0.15, 0.2) is 77.8 Å². The number of amidine groups is 1. The summed E-state index contributed by atoms with van der Waals surface area (Å²) in [6.45, 7) is 4.93. The first-order valence-electron chi connectivity index (χ1n) is 9.97. The molecule has 0 radical (unpaired) electrons. The second-order valence-corrected chi connectivity index (χ2v) is 7.54. The zero-order valence-corrected chi connectivity index (χ0v) is 17.0. The summed E-state index contributed by atoms with van der Waals surface area (Å²) in [6, 6.07) is 22.1. The van der Waals surface area contributed by atoms with Gasteiger partial charge in [0.05, 0.1) is 6.10 Å². The van der Waals surface area contributed by atoms with Crippen molar-refractivity contribution in [2.45, 2.75) is 33.0 Å². The Hall–Kier alpha value is -3.47. The van der Waals surface area contributed by atoms with Crippen molar-refractivity contribution in [3.8, 4) is 11.1 Å². The van der Waals surface area contributed by atoms with Gasteiger partial charge in [-0.3, -0.25) is 4.79 Å². The van der Waals surface area contributed by atoms with Crippen molar-refractivity contribution in [1.29, 1.82) is 0 Å². The van der Waals surface area contributed by atoms with E-state index in [0.29, 0.717) is 18.7 Å². The number of benzene rings is 3. The summed E-state index contributed by atoms with van der Waals surface area (Å²) in [5, 5.41) is 0. The number of carbonyl (C=O) groups is 1. The third kappa shape index (κ3) is 4.25. The quantitative estimate of drug-likeness (QED) is 0.424. The molecule has 1 amide bonds. The van der Waals surface area contributed by atoms with E-state index >= 15 is 0 Å². The fourth-order valence-corrected chi connectivity index (χ4v) is 3.57. The number of amides is 1. The minimum Gasteiger partial charge on any atom is -0.462 e. The zero-order chi connectivity index (χ0) is 21.1. The molecule has 3 aromatic rings. The number of hydrogen-bond acceptors (Lipinski definition) is 2. The molecule has 1 aliphatic heterocycles. The molecule has 152 valence electrons. The summed E-state index contributed by atoms with van der Waals surface area (Å²) < 4.78 is 19.2. The lowest BCUT2D eigenvalue weighted by Crippen LogP contribution is -2.34. The van der Waals surface area contributed by atoms with Crippen molar-refractivity contribution < 1.29 is 13.9 Å². The van der Waals surface area contributed by atoms with Crippen LogP contribution in [0.2, 0.25) is 0 Å². The van der Waals surface area contributed by atoms with Crippen LogP contribution in [0.5, 0.6) is 0 Å². The number of aliphatic imine (C=N–C) groups is 1. The molecule has 4 nitrogen and oxygen atoms in total. The molecule has 0 unspecified atom stereocenters. The Bertz CT molecular complexity index is 1040. The predicted molar refractivity (Wildman–Crippen MR) is 116 cm³/mol. The molecule has 4 rings (SSSR count). The molecule has 3 aromatic carbocycles. The summed E-state index contributed by atoms with van der Waals surface area (Å²) in [6.07, 6.45) is -0.154. The van der Waals surface area contributed by atoms with E-state index in [9.17, 15) is 9.18 Å². The Labute approximate surface area is 175 Å². The van der Waals surface area contributed by atoms with E-state index in [0.717, 1.165) is 11.1 Å². The average molecular weight is 402 g/mol. The SMILES string of the molecule is CC(C)OC(=NC(=O)c1ccc(F)cc1)N1Cc2ccccc2-c2ccccc2C1. The fourth-order valence-electron chi connectivity index (χ4n) is 3.57. The molecule has 0 N–H and O–H groups in total. The minimum absolute atomic E-state index is 0.154. The average Bonchev–Trinajstić information content (AvgIpc) is 2.90. The lowest BCUT2D eigenvalue weighted by molar-refractivity contribution is 0.0986. The molecule has 0 bridgehead atoms. The van der Waals surface area contributed by atoms with Gasteiger partial charge in [-0.1, -0.05) is 48.5 Å². The zero-order valence-electron chi connectivity index (χ0n) is 17.0. The molecule has 5 heteroatoms. The van der Waals surface area contributed by atoms with Gasteiger partial charge < -0.3 is 9.64 Å². The van der Waals surface area contributed by atoms with Gasteiger partial charge in [-0.05, 0) is 60.4 Å². The summed E-state index contributed by atoms with van der Waals surface area (Å²) in [4.78, 5) is 19.0. The number of fused-ring (bicyclic) bond motifs is 3. The highest BCUT2D eigenvalue weighted by Gasteiger charge is 2.24. The highest BCUT2D eigenvalue weighted by molar-refractivity contribution is 6.01. The first kappa shape index (κ1) is 19.8. The molecule has 0 aromatic heterocycles. The monoisotopic (exact) mass is 402 g/mol. The van der Waals surface area contributed by atoms with Crippen LogP contribution in [-0.4, -0.2) is 22.9 Å². The molecule has 0 fully saturated rings. The van der Waals surface area contributed by atoms with Gasteiger partial charge in [-0.2, -0.15) is 4.99 Å². The summed E-state index contributed by atoms with van der Waals surface area (Å²) in [7, 11) is 0. The van der Waals surface area contributed by atoms with E-state index in [1.165, 1.54) is 35.4 Å². The van der Waals surface area contributed by atoms with E-state index in [1.807, 2.05) is 43.0 Å². The molecule has 1 aliphatic rings. The van der Waals surface area contributed by atoms with E-state index in [1.54, 1.807) is 0 Å². The number of ether oxygens (including phenoxy) is 1. The van der Waals surface area contributed by atoms with Gasteiger partial charge in [0, 0.05) is 18.7 Å². The molecule has 0 saturated carbocycles. The van der Waals surface area contributed by atoms with E-state index < -0.39 is 11.7 Å². The Morgan fingerprint density at radius 3 is 1.97 bits per heavy atom. The lowest BCUT2D eigenvalue weighted by atomic mass is 9.97. The Morgan fingerprint density at radius 1 is 0.900 bits per heavy atom. The van der Waals surface area contributed by atoms with Crippen LogP contribution in [0.3, 0.4) is 0 Å². The summed E-state index contributed by atoms with van der Waals surface area (Å²) in [5.41, 5.74) is 4.93. The van der Waals surface area contributed by atoms with Gasteiger partial charge in [-0.15, -0.1) is 0 Å².